The quantitative estimate of drug-likeness (QED) is 0.707. The third-order valence-corrected chi connectivity index (χ3v) is 1.70. The van der Waals surface area contributed by atoms with Gasteiger partial charge in [0.05, 0.1) is 0 Å². The van der Waals surface area contributed by atoms with E-state index >= 15 is 0 Å². The normalized spacial score (nSPS) is 8.78. The lowest BCUT2D eigenvalue weighted by Gasteiger charge is -2.02. The van der Waals surface area contributed by atoms with Gasteiger partial charge in [0.2, 0.25) is 0 Å². The van der Waals surface area contributed by atoms with Crippen molar-refractivity contribution in [1.82, 2.24) is 4.98 Å². The van der Waals surface area contributed by atoms with Crippen molar-refractivity contribution >= 4 is 11.9 Å². The minimum Gasteiger partial charge on any atom is -0.446 e. The fourth-order valence-corrected chi connectivity index (χ4v) is 1.01. The second kappa shape index (κ2) is 6.61. The molecule has 0 aromatic carbocycles. The van der Waals surface area contributed by atoms with Crippen molar-refractivity contribution in [3.63, 3.8) is 0 Å². The average molecular weight is 245 g/mol. The Balaban J connectivity index is 2.80. The highest BCUT2D eigenvalue weighted by molar-refractivity contribution is 5.91. The van der Waals surface area contributed by atoms with Gasteiger partial charge >= 0.3 is 11.9 Å². The molecule has 0 fully saturated rings. The van der Waals surface area contributed by atoms with Gasteiger partial charge < -0.3 is 9.47 Å². The summed E-state index contributed by atoms with van der Waals surface area (Å²) in [5.74, 6) is -1.63. The molecule has 0 saturated heterocycles. The molecule has 0 N–H and O–H groups in total. The van der Waals surface area contributed by atoms with Crippen LogP contribution in [0.15, 0.2) is 18.2 Å². The monoisotopic (exact) mass is 245 g/mol. The number of hydrogen-bond donors (Lipinski definition) is 0. The lowest BCUT2D eigenvalue weighted by molar-refractivity contribution is 0.0540. The van der Waals surface area contributed by atoms with Gasteiger partial charge in [-0.05, 0) is 12.1 Å². The molecule has 0 bridgehead atoms. The van der Waals surface area contributed by atoms with Crippen molar-refractivity contribution in [3.05, 3.63) is 29.6 Å². The fraction of sp³-hybridized carbons (Fsp3) is 0.182. The van der Waals surface area contributed by atoms with Crippen LogP contribution in [-0.4, -0.2) is 30.1 Å². The van der Waals surface area contributed by atoms with Crippen molar-refractivity contribution in [1.29, 1.82) is 10.5 Å². The first-order valence-corrected chi connectivity index (χ1v) is 4.74. The molecule has 1 aromatic heterocycles. The molecule has 90 valence electrons. The van der Waals surface area contributed by atoms with Crippen LogP contribution in [0.1, 0.15) is 21.0 Å². The first-order chi connectivity index (χ1) is 8.69. The highest BCUT2D eigenvalue weighted by Crippen LogP contribution is 2.03. The number of nitriles is 2. The summed E-state index contributed by atoms with van der Waals surface area (Å²) >= 11 is 0. The molecule has 0 aliphatic carbocycles. The molecule has 1 heterocycles. The fourth-order valence-electron chi connectivity index (χ4n) is 1.01. The zero-order chi connectivity index (χ0) is 13.4. The summed E-state index contributed by atoms with van der Waals surface area (Å²) in [5, 5.41) is 16.5. The highest BCUT2D eigenvalue weighted by atomic mass is 16.5. The number of aromatic nitrogens is 1. The number of carbonyl (C=O) groups is 2. The summed E-state index contributed by atoms with van der Waals surface area (Å²) in [4.78, 5) is 26.4. The molecule has 0 amide bonds. The SMILES string of the molecule is N#CCOC(=O)c1cccc(C(=O)OCC#N)n1. The standard InChI is InChI=1S/C11H7N3O4/c12-4-6-17-10(15)8-2-1-3-9(14-8)11(16)18-7-5-13/h1-3H,6-7H2. The van der Waals surface area contributed by atoms with Gasteiger partial charge in [0.15, 0.2) is 13.2 Å². The second-order valence-electron chi connectivity index (χ2n) is 2.88. The molecule has 0 spiro atoms. The number of ether oxygens (including phenoxy) is 2. The van der Waals surface area contributed by atoms with Crippen molar-refractivity contribution in [2.24, 2.45) is 0 Å². The molecule has 18 heavy (non-hydrogen) atoms. The maximum Gasteiger partial charge on any atom is 0.357 e. The van der Waals surface area contributed by atoms with Gasteiger partial charge in [-0.15, -0.1) is 0 Å². The molecule has 0 saturated carbocycles. The summed E-state index contributed by atoms with van der Waals surface area (Å²) in [6.45, 7) is -0.798. The Morgan fingerprint density at radius 3 is 1.89 bits per heavy atom. The van der Waals surface area contributed by atoms with Crippen molar-refractivity contribution in [2.45, 2.75) is 0 Å². The van der Waals surface area contributed by atoms with E-state index in [1.807, 2.05) is 0 Å². The van der Waals surface area contributed by atoms with Gasteiger partial charge in [-0.25, -0.2) is 14.6 Å². The molecular weight excluding hydrogens is 238 g/mol. The van der Waals surface area contributed by atoms with Crippen LogP contribution in [0.4, 0.5) is 0 Å². The molecule has 0 atom stereocenters. The lowest BCUT2D eigenvalue weighted by Crippen LogP contribution is -2.12. The molecular formula is C11H7N3O4. The zero-order valence-electron chi connectivity index (χ0n) is 9.12. The van der Waals surface area contributed by atoms with E-state index in [9.17, 15) is 9.59 Å². The minimum atomic E-state index is -0.813. The van der Waals surface area contributed by atoms with Gasteiger partial charge in [-0.1, -0.05) is 6.07 Å². The smallest absolute Gasteiger partial charge is 0.357 e. The molecule has 1 aromatic rings. The number of pyridine rings is 1. The third-order valence-electron chi connectivity index (χ3n) is 1.70. The minimum absolute atomic E-state index is 0.114. The van der Waals surface area contributed by atoms with Crippen LogP contribution in [0.25, 0.3) is 0 Å². The zero-order valence-corrected chi connectivity index (χ0v) is 9.12. The van der Waals surface area contributed by atoms with Gasteiger partial charge in [-0.3, -0.25) is 0 Å². The number of hydrogen-bond acceptors (Lipinski definition) is 7. The van der Waals surface area contributed by atoms with Crippen LogP contribution in [0, 0.1) is 22.7 Å². The number of carbonyl (C=O) groups excluding carboxylic acids is 2. The summed E-state index contributed by atoms with van der Waals surface area (Å²) in [6.07, 6.45) is 0. The predicted molar refractivity (Wildman–Crippen MR) is 56.0 cm³/mol. The van der Waals surface area contributed by atoms with E-state index in [0.29, 0.717) is 0 Å². The van der Waals surface area contributed by atoms with Crippen LogP contribution < -0.4 is 0 Å². The molecule has 7 heteroatoms. The third kappa shape index (κ3) is 3.58. The van der Waals surface area contributed by atoms with E-state index in [1.54, 1.807) is 12.1 Å². The Hall–Kier alpha value is -2.93. The molecule has 0 aliphatic rings. The van der Waals surface area contributed by atoms with E-state index in [2.05, 4.69) is 14.5 Å². The van der Waals surface area contributed by atoms with E-state index in [-0.39, 0.29) is 11.4 Å². The van der Waals surface area contributed by atoms with E-state index in [0.717, 1.165) is 0 Å². The molecule has 0 aliphatic heterocycles. The predicted octanol–water partition coefficient (Wildman–Crippen LogP) is 0.442. The Kier molecular flexibility index (Phi) is 4.82. The van der Waals surface area contributed by atoms with Crippen LogP contribution in [0.5, 0.6) is 0 Å². The Labute approximate surface area is 102 Å². The summed E-state index contributed by atoms with van der Waals surface area (Å²) in [7, 11) is 0. The molecule has 0 unspecified atom stereocenters. The number of rotatable bonds is 4. The van der Waals surface area contributed by atoms with E-state index in [4.69, 9.17) is 10.5 Å². The van der Waals surface area contributed by atoms with Crippen LogP contribution >= 0.6 is 0 Å². The van der Waals surface area contributed by atoms with Gasteiger partial charge in [0.25, 0.3) is 0 Å². The van der Waals surface area contributed by atoms with Crippen molar-refractivity contribution in [3.8, 4) is 12.1 Å². The van der Waals surface area contributed by atoms with Crippen molar-refractivity contribution in [2.75, 3.05) is 13.2 Å². The molecule has 1 rings (SSSR count). The second-order valence-corrected chi connectivity index (χ2v) is 2.88. The maximum atomic E-state index is 11.4. The Morgan fingerprint density at radius 1 is 1.06 bits per heavy atom. The van der Waals surface area contributed by atoms with E-state index < -0.39 is 25.2 Å². The van der Waals surface area contributed by atoms with Crippen LogP contribution in [0.2, 0.25) is 0 Å². The van der Waals surface area contributed by atoms with Crippen molar-refractivity contribution < 1.29 is 19.1 Å². The average Bonchev–Trinajstić information content (AvgIpc) is 2.42. The topological polar surface area (TPSA) is 113 Å². The van der Waals surface area contributed by atoms with E-state index in [1.165, 1.54) is 18.2 Å². The Bertz CT molecular complexity index is 497. The first kappa shape index (κ1) is 13.1. The number of nitrogens with zero attached hydrogens (tertiary/aromatic N) is 3. The Morgan fingerprint density at radius 2 is 1.50 bits per heavy atom. The number of esters is 2. The van der Waals surface area contributed by atoms with Crippen LogP contribution in [-0.2, 0) is 9.47 Å². The summed E-state index contributed by atoms with van der Waals surface area (Å²) in [5.41, 5.74) is -0.228. The largest absolute Gasteiger partial charge is 0.446 e. The maximum absolute atomic E-state index is 11.4. The van der Waals surface area contributed by atoms with Crippen LogP contribution in [0.3, 0.4) is 0 Å². The molecule has 0 radical (unpaired) electrons. The highest BCUT2D eigenvalue weighted by Gasteiger charge is 2.14. The van der Waals surface area contributed by atoms with Gasteiger partial charge in [0.1, 0.15) is 23.5 Å². The summed E-state index contributed by atoms with van der Waals surface area (Å²) in [6, 6.07) is 7.35. The van der Waals surface area contributed by atoms with Gasteiger partial charge in [-0.2, -0.15) is 10.5 Å². The first-order valence-electron chi connectivity index (χ1n) is 4.74. The van der Waals surface area contributed by atoms with Gasteiger partial charge in [0, 0.05) is 0 Å². The lowest BCUT2D eigenvalue weighted by atomic mass is 10.3. The molecule has 7 nitrogen and oxygen atoms in total. The summed E-state index contributed by atoms with van der Waals surface area (Å²) < 4.78 is 9.05.